The molecule has 0 bridgehead atoms. The molecule has 0 aliphatic heterocycles. The van der Waals surface area contributed by atoms with E-state index in [0.29, 0.717) is 30.7 Å². The summed E-state index contributed by atoms with van der Waals surface area (Å²) in [7, 11) is 0. The number of benzene rings is 2. The number of carbonyl (C=O) groups excluding carboxylic acids is 2. The number of aromatic nitrogens is 1. The molecule has 1 aliphatic rings. The van der Waals surface area contributed by atoms with Crippen molar-refractivity contribution in [2.45, 2.75) is 52.5 Å². The van der Waals surface area contributed by atoms with Crippen molar-refractivity contribution in [2.75, 3.05) is 23.7 Å². The molecule has 7 heteroatoms. The molecule has 178 valence electrons. The normalized spacial score (nSPS) is 13.2. The quantitative estimate of drug-likeness (QED) is 0.410. The first-order valence-corrected chi connectivity index (χ1v) is 12.7. The van der Waals surface area contributed by atoms with Gasteiger partial charge in [0, 0.05) is 35.6 Å². The number of amides is 2. The highest BCUT2D eigenvalue weighted by atomic mass is 32.1. The van der Waals surface area contributed by atoms with Crippen LogP contribution in [0.15, 0.2) is 47.8 Å². The predicted molar refractivity (Wildman–Crippen MR) is 139 cm³/mol. The predicted octanol–water partition coefficient (Wildman–Crippen LogP) is 5.42. The number of aryl methyl sites for hydroxylation is 3. The maximum atomic E-state index is 12.7. The van der Waals surface area contributed by atoms with Gasteiger partial charge in [0.05, 0.1) is 12.2 Å². The number of thiazole rings is 1. The maximum absolute atomic E-state index is 12.7. The minimum Gasteiger partial charge on any atom is -0.325 e. The van der Waals surface area contributed by atoms with E-state index in [0.717, 1.165) is 47.3 Å². The van der Waals surface area contributed by atoms with E-state index in [4.69, 9.17) is 0 Å². The summed E-state index contributed by atoms with van der Waals surface area (Å²) < 4.78 is 0. The van der Waals surface area contributed by atoms with Gasteiger partial charge >= 0.3 is 0 Å². The minimum absolute atomic E-state index is 0.0420. The Kier molecular flexibility index (Phi) is 7.75. The second kappa shape index (κ2) is 10.9. The van der Waals surface area contributed by atoms with Crippen LogP contribution in [0.4, 0.5) is 10.8 Å². The fraction of sp³-hybridized carbons (Fsp3) is 0.370. The second-order valence-corrected chi connectivity index (χ2v) is 9.81. The monoisotopic (exact) mass is 476 g/mol. The van der Waals surface area contributed by atoms with Crippen LogP contribution in [0.1, 0.15) is 42.9 Å². The van der Waals surface area contributed by atoms with Gasteiger partial charge in [-0.3, -0.25) is 14.5 Å². The Morgan fingerprint density at radius 2 is 1.82 bits per heavy atom. The molecule has 1 saturated carbocycles. The Balaban J connectivity index is 1.28. The topological polar surface area (TPSA) is 74.3 Å². The highest BCUT2D eigenvalue weighted by molar-refractivity contribution is 7.14. The van der Waals surface area contributed by atoms with E-state index < -0.39 is 0 Å². The van der Waals surface area contributed by atoms with E-state index >= 15 is 0 Å². The summed E-state index contributed by atoms with van der Waals surface area (Å²) in [6.45, 7) is 6.97. The van der Waals surface area contributed by atoms with Gasteiger partial charge in [0.2, 0.25) is 11.8 Å². The third kappa shape index (κ3) is 6.52. The van der Waals surface area contributed by atoms with Crippen molar-refractivity contribution in [1.82, 2.24) is 9.88 Å². The molecule has 1 fully saturated rings. The molecule has 1 heterocycles. The summed E-state index contributed by atoms with van der Waals surface area (Å²) in [4.78, 5) is 31.9. The zero-order chi connectivity index (χ0) is 24.1. The summed E-state index contributed by atoms with van der Waals surface area (Å²) >= 11 is 1.43. The first-order valence-electron chi connectivity index (χ1n) is 11.9. The number of hydrogen-bond donors (Lipinski definition) is 2. The van der Waals surface area contributed by atoms with Gasteiger partial charge < -0.3 is 10.6 Å². The van der Waals surface area contributed by atoms with E-state index in [-0.39, 0.29) is 11.8 Å². The van der Waals surface area contributed by atoms with Crippen molar-refractivity contribution in [1.29, 1.82) is 0 Å². The lowest BCUT2D eigenvalue weighted by atomic mass is 10.1. The van der Waals surface area contributed by atoms with Crippen molar-refractivity contribution in [2.24, 2.45) is 0 Å². The molecule has 2 amide bonds. The number of hydrogen-bond acceptors (Lipinski definition) is 5. The molecule has 2 N–H and O–H groups in total. The van der Waals surface area contributed by atoms with Gasteiger partial charge in [-0.25, -0.2) is 4.98 Å². The lowest BCUT2D eigenvalue weighted by molar-refractivity contribution is -0.119. The van der Waals surface area contributed by atoms with Crippen LogP contribution in [0, 0.1) is 13.8 Å². The molecule has 2 aromatic carbocycles. The van der Waals surface area contributed by atoms with Crippen molar-refractivity contribution >= 4 is 34.0 Å². The van der Waals surface area contributed by atoms with Crippen LogP contribution in [-0.4, -0.2) is 40.8 Å². The third-order valence-corrected chi connectivity index (χ3v) is 6.87. The molecule has 34 heavy (non-hydrogen) atoms. The number of carbonyl (C=O) groups is 2. The zero-order valence-corrected chi connectivity index (χ0v) is 20.9. The molecule has 6 nitrogen and oxygen atoms in total. The van der Waals surface area contributed by atoms with Crippen molar-refractivity contribution in [3.8, 4) is 11.3 Å². The Labute approximate surface area is 205 Å². The van der Waals surface area contributed by atoms with Crippen LogP contribution < -0.4 is 10.6 Å². The van der Waals surface area contributed by atoms with Crippen molar-refractivity contribution in [3.63, 3.8) is 0 Å². The molecule has 0 radical (unpaired) electrons. The smallest absolute Gasteiger partial charge is 0.238 e. The Morgan fingerprint density at radius 3 is 2.53 bits per heavy atom. The highest BCUT2D eigenvalue weighted by Gasteiger charge is 2.30. The lowest BCUT2D eigenvalue weighted by Crippen LogP contribution is -2.37. The Hall–Kier alpha value is -3.03. The summed E-state index contributed by atoms with van der Waals surface area (Å²) in [5, 5.41) is 8.51. The molecule has 1 aromatic heterocycles. The zero-order valence-electron chi connectivity index (χ0n) is 20.1. The number of nitrogens with one attached hydrogen (secondary N) is 2. The SMILES string of the molecule is CCc1ccc(-c2csc(NC(=O)CCN(CC(=O)Nc3cc(C)ccc3C)C3CC3)n2)cc1. The first kappa shape index (κ1) is 24.1. The fourth-order valence-electron chi connectivity index (χ4n) is 3.88. The second-order valence-electron chi connectivity index (χ2n) is 8.95. The molecule has 0 atom stereocenters. The van der Waals surface area contributed by atoms with Gasteiger partial charge in [-0.1, -0.05) is 43.3 Å². The lowest BCUT2D eigenvalue weighted by Gasteiger charge is -2.21. The van der Waals surface area contributed by atoms with E-state index in [1.165, 1.54) is 16.9 Å². The molecule has 0 saturated heterocycles. The number of nitrogens with zero attached hydrogens (tertiary/aromatic N) is 2. The standard InChI is InChI=1S/C27H32N4O2S/c1-4-20-7-9-21(10-8-20)24-17-34-27(29-24)30-25(32)13-14-31(22-11-12-22)16-26(33)28-23-15-18(2)5-6-19(23)3/h5-10,15,17,22H,4,11-14,16H2,1-3H3,(H,28,33)(H,29,30,32). The summed E-state index contributed by atoms with van der Waals surface area (Å²) in [6, 6.07) is 14.8. The van der Waals surface area contributed by atoms with Crippen LogP contribution in [0.25, 0.3) is 11.3 Å². The highest BCUT2D eigenvalue weighted by Crippen LogP contribution is 2.28. The van der Waals surface area contributed by atoms with Crippen molar-refractivity contribution < 1.29 is 9.59 Å². The Morgan fingerprint density at radius 1 is 1.06 bits per heavy atom. The largest absolute Gasteiger partial charge is 0.325 e. The van der Waals surface area contributed by atoms with Gasteiger partial charge in [0.25, 0.3) is 0 Å². The van der Waals surface area contributed by atoms with Gasteiger partial charge in [-0.2, -0.15) is 0 Å². The summed E-state index contributed by atoms with van der Waals surface area (Å²) in [5.74, 6) is -0.123. The minimum atomic E-state index is -0.0807. The van der Waals surface area contributed by atoms with E-state index in [2.05, 4.69) is 51.7 Å². The third-order valence-electron chi connectivity index (χ3n) is 6.11. The average Bonchev–Trinajstić information content (AvgIpc) is 3.57. The van der Waals surface area contributed by atoms with E-state index in [1.807, 2.05) is 37.4 Å². The fourth-order valence-corrected chi connectivity index (χ4v) is 4.61. The van der Waals surface area contributed by atoms with Crippen LogP contribution >= 0.6 is 11.3 Å². The molecular weight excluding hydrogens is 444 g/mol. The molecule has 4 rings (SSSR count). The molecule has 0 unspecified atom stereocenters. The number of anilines is 2. The molecule has 1 aliphatic carbocycles. The molecule has 0 spiro atoms. The van der Waals surface area contributed by atoms with Crippen LogP contribution in [0.3, 0.4) is 0 Å². The van der Waals surface area contributed by atoms with Gasteiger partial charge in [0.1, 0.15) is 0 Å². The summed E-state index contributed by atoms with van der Waals surface area (Å²) in [5.41, 5.74) is 6.20. The van der Waals surface area contributed by atoms with Gasteiger partial charge in [-0.15, -0.1) is 11.3 Å². The van der Waals surface area contributed by atoms with E-state index in [1.54, 1.807) is 0 Å². The van der Waals surface area contributed by atoms with Crippen LogP contribution in [-0.2, 0) is 16.0 Å². The van der Waals surface area contributed by atoms with E-state index in [9.17, 15) is 9.59 Å². The summed E-state index contributed by atoms with van der Waals surface area (Å²) in [6.07, 6.45) is 3.48. The van der Waals surface area contributed by atoms with Gasteiger partial charge in [0.15, 0.2) is 5.13 Å². The first-order chi connectivity index (χ1) is 16.4. The van der Waals surface area contributed by atoms with Crippen LogP contribution in [0.2, 0.25) is 0 Å². The Bertz CT molecular complexity index is 1150. The maximum Gasteiger partial charge on any atom is 0.238 e. The molecule has 3 aromatic rings. The molecular formula is C27H32N4O2S. The average molecular weight is 477 g/mol. The van der Waals surface area contributed by atoms with Gasteiger partial charge in [-0.05, 0) is 55.9 Å². The van der Waals surface area contributed by atoms with Crippen molar-refractivity contribution in [3.05, 3.63) is 64.5 Å². The number of rotatable bonds is 10. The van der Waals surface area contributed by atoms with Crippen LogP contribution in [0.5, 0.6) is 0 Å².